The van der Waals surface area contributed by atoms with E-state index < -0.39 is 6.10 Å². The fraction of sp³-hybridized carbons (Fsp3) is 0.235. The molecule has 1 aliphatic heterocycles. The zero-order chi connectivity index (χ0) is 17.4. The molecule has 3 rings (SSSR count). The van der Waals surface area contributed by atoms with Crippen LogP contribution in [0.3, 0.4) is 0 Å². The standard InChI is InChI=1S/C17H16O7/c1-22-16-13(21)6-10-12(20)7-14(24-15(10)17(16)23-2)9-5-8(18)3-4-11(9)19/h3-6,14,18-19,21H,7H2,1-2H3/t14-/m1/s1. The Morgan fingerprint density at radius 3 is 2.42 bits per heavy atom. The third-order valence-corrected chi connectivity index (χ3v) is 3.87. The first kappa shape index (κ1) is 15.8. The Balaban J connectivity index is 2.12. The summed E-state index contributed by atoms with van der Waals surface area (Å²) < 4.78 is 16.2. The van der Waals surface area contributed by atoms with Crippen LogP contribution in [0.4, 0.5) is 0 Å². The Labute approximate surface area is 137 Å². The predicted octanol–water partition coefficient (Wildman–Crippen LogP) is 2.53. The smallest absolute Gasteiger partial charge is 0.208 e. The van der Waals surface area contributed by atoms with E-state index in [-0.39, 0.29) is 57.8 Å². The summed E-state index contributed by atoms with van der Waals surface area (Å²) in [6.45, 7) is 0. The lowest BCUT2D eigenvalue weighted by atomic mass is 9.95. The van der Waals surface area contributed by atoms with Gasteiger partial charge in [-0.25, -0.2) is 0 Å². The van der Waals surface area contributed by atoms with Crippen LogP contribution in [-0.4, -0.2) is 35.3 Å². The second-order valence-corrected chi connectivity index (χ2v) is 5.32. The monoisotopic (exact) mass is 332 g/mol. The Kier molecular flexibility index (Phi) is 3.84. The quantitative estimate of drug-likeness (QED) is 0.742. The van der Waals surface area contributed by atoms with Gasteiger partial charge in [-0.3, -0.25) is 4.79 Å². The number of carbonyl (C=O) groups excluding carboxylic acids is 1. The van der Waals surface area contributed by atoms with Gasteiger partial charge in [0.2, 0.25) is 11.5 Å². The molecule has 0 aromatic heterocycles. The maximum Gasteiger partial charge on any atom is 0.208 e. The van der Waals surface area contributed by atoms with Crippen molar-refractivity contribution in [1.82, 2.24) is 0 Å². The van der Waals surface area contributed by atoms with Gasteiger partial charge in [0.1, 0.15) is 17.6 Å². The van der Waals surface area contributed by atoms with Gasteiger partial charge in [0.25, 0.3) is 0 Å². The minimum absolute atomic E-state index is 0.0461. The van der Waals surface area contributed by atoms with E-state index >= 15 is 0 Å². The normalized spacial score (nSPS) is 16.2. The summed E-state index contributed by atoms with van der Waals surface area (Å²) in [5.41, 5.74) is 0.448. The van der Waals surface area contributed by atoms with E-state index in [2.05, 4.69) is 0 Å². The molecule has 0 saturated heterocycles. The minimum atomic E-state index is -0.805. The molecule has 0 unspecified atom stereocenters. The number of aromatic hydroxyl groups is 3. The summed E-state index contributed by atoms with van der Waals surface area (Å²) >= 11 is 0. The Bertz CT molecular complexity index is 813. The van der Waals surface area contributed by atoms with Crippen LogP contribution in [0.2, 0.25) is 0 Å². The van der Waals surface area contributed by atoms with Crippen molar-refractivity contribution < 1.29 is 34.3 Å². The van der Waals surface area contributed by atoms with E-state index in [4.69, 9.17) is 14.2 Å². The van der Waals surface area contributed by atoms with E-state index in [1.807, 2.05) is 0 Å². The molecule has 7 nitrogen and oxygen atoms in total. The van der Waals surface area contributed by atoms with Crippen LogP contribution in [-0.2, 0) is 0 Å². The fourth-order valence-electron chi connectivity index (χ4n) is 2.75. The van der Waals surface area contributed by atoms with E-state index in [0.29, 0.717) is 0 Å². The molecule has 3 N–H and O–H groups in total. The fourth-order valence-corrected chi connectivity index (χ4v) is 2.75. The molecule has 0 fully saturated rings. The summed E-state index contributed by atoms with van der Waals surface area (Å²) in [6, 6.07) is 5.25. The lowest BCUT2D eigenvalue weighted by molar-refractivity contribution is 0.0836. The number of ether oxygens (including phenoxy) is 3. The summed E-state index contributed by atoms with van der Waals surface area (Å²) in [4.78, 5) is 12.5. The van der Waals surface area contributed by atoms with Crippen LogP contribution < -0.4 is 14.2 Å². The molecule has 2 aromatic carbocycles. The number of benzene rings is 2. The Hall–Kier alpha value is -3.09. The number of hydrogen-bond acceptors (Lipinski definition) is 7. The molecule has 0 saturated carbocycles. The van der Waals surface area contributed by atoms with Crippen LogP contribution >= 0.6 is 0 Å². The number of rotatable bonds is 3. The second kappa shape index (κ2) is 5.84. The summed E-state index contributed by atoms with van der Waals surface area (Å²) in [5.74, 6) is -0.422. The molecule has 7 heteroatoms. The van der Waals surface area contributed by atoms with Crippen molar-refractivity contribution in [3.63, 3.8) is 0 Å². The summed E-state index contributed by atoms with van der Waals surface area (Å²) in [6.07, 6.45) is -0.862. The van der Waals surface area contributed by atoms with Crippen LogP contribution in [0.15, 0.2) is 24.3 Å². The zero-order valence-electron chi connectivity index (χ0n) is 13.1. The van der Waals surface area contributed by atoms with Crippen molar-refractivity contribution in [3.05, 3.63) is 35.4 Å². The van der Waals surface area contributed by atoms with Crippen LogP contribution in [0.25, 0.3) is 0 Å². The molecule has 0 amide bonds. The first-order valence-corrected chi connectivity index (χ1v) is 7.16. The molecule has 24 heavy (non-hydrogen) atoms. The van der Waals surface area contributed by atoms with Crippen molar-refractivity contribution in [2.45, 2.75) is 12.5 Å². The molecule has 1 aliphatic rings. The van der Waals surface area contributed by atoms with Crippen molar-refractivity contribution >= 4 is 5.78 Å². The van der Waals surface area contributed by atoms with E-state index in [0.717, 1.165) is 0 Å². The number of phenolic OH excluding ortho intramolecular Hbond substituents is 3. The average Bonchev–Trinajstić information content (AvgIpc) is 2.56. The number of methoxy groups -OCH3 is 2. The highest BCUT2D eigenvalue weighted by atomic mass is 16.5. The van der Waals surface area contributed by atoms with Crippen LogP contribution in [0, 0.1) is 0 Å². The van der Waals surface area contributed by atoms with Gasteiger partial charge in [-0.05, 0) is 24.3 Å². The van der Waals surface area contributed by atoms with Crippen molar-refractivity contribution in [3.8, 4) is 34.5 Å². The minimum Gasteiger partial charge on any atom is -0.508 e. The molecule has 126 valence electrons. The maximum absolute atomic E-state index is 12.5. The second-order valence-electron chi connectivity index (χ2n) is 5.32. The number of Topliss-reactive ketones (excluding diaryl/α,β-unsaturated/α-hetero) is 1. The summed E-state index contributed by atoms with van der Waals surface area (Å²) in [5, 5.41) is 29.6. The molecular formula is C17H16O7. The molecule has 0 bridgehead atoms. The van der Waals surface area contributed by atoms with Gasteiger partial charge >= 0.3 is 0 Å². The van der Waals surface area contributed by atoms with Gasteiger partial charge in [0.15, 0.2) is 17.3 Å². The Morgan fingerprint density at radius 1 is 1.04 bits per heavy atom. The van der Waals surface area contributed by atoms with Gasteiger partial charge in [-0.15, -0.1) is 0 Å². The maximum atomic E-state index is 12.5. The van der Waals surface area contributed by atoms with Gasteiger partial charge in [-0.1, -0.05) is 0 Å². The van der Waals surface area contributed by atoms with Crippen molar-refractivity contribution in [2.75, 3.05) is 14.2 Å². The van der Waals surface area contributed by atoms with Gasteiger partial charge in [-0.2, -0.15) is 0 Å². The third kappa shape index (κ3) is 2.44. The average molecular weight is 332 g/mol. The Morgan fingerprint density at radius 2 is 1.75 bits per heavy atom. The number of phenols is 3. The largest absolute Gasteiger partial charge is 0.508 e. The number of carbonyl (C=O) groups is 1. The van der Waals surface area contributed by atoms with E-state index in [1.54, 1.807) is 0 Å². The molecular weight excluding hydrogens is 316 g/mol. The van der Waals surface area contributed by atoms with Crippen molar-refractivity contribution in [1.29, 1.82) is 0 Å². The number of ketones is 1. The summed E-state index contributed by atoms with van der Waals surface area (Å²) in [7, 11) is 2.72. The lowest BCUT2D eigenvalue weighted by Crippen LogP contribution is -2.21. The van der Waals surface area contributed by atoms with Crippen LogP contribution in [0.5, 0.6) is 34.5 Å². The molecule has 0 radical (unpaired) electrons. The van der Waals surface area contributed by atoms with Gasteiger partial charge in [0, 0.05) is 5.56 Å². The highest BCUT2D eigenvalue weighted by Gasteiger charge is 2.34. The molecule has 2 aromatic rings. The number of hydrogen-bond donors (Lipinski definition) is 3. The molecule has 1 atom stereocenters. The highest BCUT2D eigenvalue weighted by molar-refractivity contribution is 6.02. The molecule has 0 aliphatic carbocycles. The van der Waals surface area contributed by atoms with Gasteiger partial charge < -0.3 is 29.5 Å². The van der Waals surface area contributed by atoms with Crippen molar-refractivity contribution in [2.24, 2.45) is 0 Å². The van der Waals surface area contributed by atoms with Crippen LogP contribution in [0.1, 0.15) is 28.4 Å². The van der Waals surface area contributed by atoms with Gasteiger partial charge in [0.05, 0.1) is 26.2 Å². The zero-order valence-corrected chi connectivity index (χ0v) is 13.1. The highest BCUT2D eigenvalue weighted by Crippen LogP contribution is 2.51. The molecule has 0 spiro atoms. The third-order valence-electron chi connectivity index (χ3n) is 3.87. The number of fused-ring (bicyclic) bond motifs is 1. The lowest BCUT2D eigenvalue weighted by Gasteiger charge is -2.28. The van der Waals surface area contributed by atoms with E-state index in [1.165, 1.54) is 38.5 Å². The first-order chi connectivity index (χ1) is 11.5. The topological polar surface area (TPSA) is 105 Å². The first-order valence-electron chi connectivity index (χ1n) is 7.16. The van der Waals surface area contributed by atoms with E-state index in [9.17, 15) is 20.1 Å². The predicted molar refractivity (Wildman–Crippen MR) is 83.3 cm³/mol. The SMILES string of the molecule is COc1c(O)cc2c(c1OC)O[C@@H](c1cc(O)ccc1O)CC2=O. The molecule has 1 heterocycles.